The first kappa shape index (κ1) is 20.5. The minimum Gasteiger partial charge on any atom is -0.490 e. The number of nitrogens with zero attached hydrogens (tertiary/aromatic N) is 3. The van der Waals surface area contributed by atoms with Crippen LogP contribution in [0.25, 0.3) is 0 Å². The summed E-state index contributed by atoms with van der Waals surface area (Å²) in [5.41, 5.74) is 2.03. The second-order valence-electron chi connectivity index (χ2n) is 5.96. The Bertz CT molecular complexity index is 762. The Labute approximate surface area is 158 Å². The van der Waals surface area contributed by atoms with Crippen LogP contribution in [0.3, 0.4) is 0 Å². The predicted octanol–water partition coefficient (Wildman–Crippen LogP) is 3.23. The first-order valence-corrected chi connectivity index (χ1v) is 8.67. The molecule has 0 saturated heterocycles. The van der Waals surface area contributed by atoms with Gasteiger partial charge in [-0.1, -0.05) is 6.07 Å². The highest BCUT2D eigenvalue weighted by molar-refractivity contribution is 5.79. The fourth-order valence-electron chi connectivity index (χ4n) is 2.67. The molecule has 1 heterocycles. The lowest BCUT2D eigenvalue weighted by atomic mass is 10.2. The molecule has 148 valence electrons. The molecule has 0 fully saturated rings. The fraction of sp³-hybridized carbons (Fsp3) is 0.421. The highest BCUT2D eigenvalue weighted by Crippen LogP contribution is 2.29. The van der Waals surface area contributed by atoms with Gasteiger partial charge in [-0.25, -0.2) is 0 Å². The first-order valence-electron chi connectivity index (χ1n) is 8.67. The molecular weight excluding hydrogens is 354 g/mol. The number of aliphatic imine (C=N–C) groups is 1. The summed E-state index contributed by atoms with van der Waals surface area (Å²) in [7, 11) is 5.67. The molecule has 6 nitrogen and oxygen atoms in total. The molecule has 0 aliphatic carbocycles. The summed E-state index contributed by atoms with van der Waals surface area (Å²) in [6.45, 7) is 0.432. The van der Waals surface area contributed by atoms with Gasteiger partial charge in [0.2, 0.25) is 0 Å². The van der Waals surface area contributed by atoms with Gasteiger partial charge < -0.3 is 24.3 Å². The van der Waals surface area contributed by atoms with E-state index in [1.54, 1.807) is 26.1 Å². The Morgan fingerprint density at radius 1 is 1.30 bits per heavy atom. The summed E-state index contributed by atoms with van der Waals surface area (Å²) in [5, 5.41) is 3.27. The van der Waals surface area contributed by atoms with Gasteiger partial charge in [-0.05, 0) is 36.8 Å². The van der Waals surface area contributed by atoms with Crippen LogP contribution in [-0.2, 0) is 20.1 Å². The molecule has 0 aliphatic rings. The van der Waals surface area contributed by atoms with Gasteiger partial charge in [0.1, 0.15) is 0 Å². The van der Waals surface area contributed by atoms with E-state index in [1.807, 2.05) is 31.3 Å². The van der Waals surface area contributed by atoms with Crippen molar-refractivity contribution in [2.24, 2.45) is 12.0 Å². The van der Waals surface area contributed by atoms with Gasteiger partial charge in [0.15, 0.2) is 17.5 Å². The zero-order chi connectivity index (χ0) is 19.8. The number of ether oxygens (including phenoxy) is 2. The van der Waals surface area contributed by atoms with E-state index in [0.29, 0.717) is 25.4 Å². The summed E-state index contributed by atoms with van der Waals surface area (Å²) in [5.74, 6) is 1.05. The minimum atomic E-state index is -2.89. The van der Waals surface area contributed by atoms with Gasteiger partial charge in [0.25, 0.3) is 0 Å². The van der Waals surface area contributed by atoms with Crippen molar-refractivity contribution in [3.63, 3.8) is 0 Å². The molecule has 1 N–H and O–H groups in total. The third-order valence-corrected chi connectivity index (χ3v) is 4.00. The molecule has 0 aliphatic heterocycles. The van der Waals surface area contributed by atoms with Crippen molar-refractivity contribution in [2.45, 2.75) is 26.6 Å². The number of rotatable bonds is 8. The van der Waals surface area contributed by atoms with Crippen molar-refractivity contribution in [3.8, 4) is 11.5 Å². The lowest BCUT2D eigenvalue weighted by Crippen LogP contribution is -2.38. The number of guanidine groups is 1. The van der Waals surface area contributed by atoms with Crippen LogP contribution < -0.4 is 14.8 Å². The quantitative estimate of drug-likeness (QED) is 0.564. The summed E-state index contributed by atoms with van der Waals surface area (Å²) >= 11 is 0. The maximum atomic E-state index is 12.5. The Morgan fingerprint density at radius 3 is 2.67 bits per heavy atom. The van der Waals surface area contributed by atoms with Crippen molar-refractivity contribution in [1.82, 2.24) is 14.8 Å². The number of alkyl halides is 2. The number of aromatic nitrogens is 1. The number of hydrogen-bond donors (Lipinski definition) is 1. The molecule has 2 rings (SSSR count). The number of benzene rings is 1. The van der Waals surface area contributed by atoms with Gasteiger partial charge in [0.05, 0.1) is 13.2 Å². The minimum absolute atomic E-state index is 0.0285. The van der Waals surface area contributed by atoms with E-state index in [2.05, 4.69) is 25.7 Å². The first-order chi connectivity index (χ1) is 12.9. The summed E-state index contributed by atoms with van der Waals surface area (Å²) in [4.78, 5) is 6.30. The fourth-order valence-corrected chi connectivity index (χ4v) is 2.67. The number of nitrogens with one attached hydrogen (secondary N) is 1. The monoisotopic (exact) mass is 380 g/mol. The van der Waals surface area contributed by atoms with E-state index < -0.39 is 6.61 Å². The Balaban J connectivity index is 2.02. The van der Waals surface area contributed by atoms with E-state index >= 15 is 0 Å². The Hall–Kier alpha value is -2.77. The lowest BCUT2D eigenvalue weighted by Gasteiger charge is -2.22. The van der Waals surface area contributed by atoms with Crippen LogP contribution in [0.15, 0.2) is 41.5 Å². The van der Waals surface area contributed by atoms with Crippen molar-refractivity contribution in [1.29, 1.82) is 0 Å². The zero-order valence-electron chi connectivity index (χ0n) is 16.1. The van der Waals surface area contributed by atoms with E-state index in [1.165, 1.54) is 6.07 Å². The van der Waals surface area contributed by atoms with Crippen molar-refractivity contribution in [3.05, 3.63) is 47.8 Å². The van der Waals surface area contributed by atoms with Gasteiger partial charge in [-0.2, -0.15) is 8.78 Å². The molecule has 0 spiro atoms. The molecule has 0 saturated carbocycles. The van der Waals surface area contributed by atoms with Crippen LogP contribution in [0.4, 0.5) is 8.78 Å². The predicted molar refractivity (Wildman–Crippen MR) is 101 cm³/mol. The van der Waals surface area contributed by atoms with Gasteiger partial charge in [-0.15, -0.1) is 0 Å². The highest BCUT2D eigenvalue weighted by Gasteiger charge is 2.13. The van der Waals surface area contributed by atoms with Crippen molar-refractivity contribution >= 4 is 5.96 Å². The molecule has 0 unspecified atom stereocenters. The van der Waals surface area contributed by atoms with E-state index in [4.69, 9.17) is 4.74 Å². The largest absolute Gasteiger partial charge is 0.490 e. The third-order valence-electron chi connectivity index (χ3n) is 4.00. The third kappa shape index (κ3) is 5.87. The maximum Gasteiger partial charge on any atom is 0.387 e. The molecule has 2 aromatic rings. The van der Waals surface area contributed by atoms with E-state index in [0.717, 1.165) is 17.2 Å². The highest BCUT2D eigenvalue weighted by atomic mass is 19.3. The van der Waals surface area contributed by atoms with E-state index in [9.17, 15) is 8.78 Å². The number of aryl methyl sites for hydroxylation is 1. The molecule has 0 atom stereocenters. The maximum absolute atomic E-state index is 12.5. The van der Waals surface area contributed by atoms with Gasteiger partial charge in [-0.3, -0.25) is 4.99 Å². The summed E-state index contributed by atoms with van der Waals surface area (Å²) in [6.07, 6.45) is 2.00. The Morgan fingerprint density at radius 2 is 2.07 bits per heavy atom. The van der Waals surface area contributed by atoms with Gasteiger partial charge in [0, 0.05) is 39.6 Å². The summed E-state index contributed by atoms with van der Waals surface area (Å²) in [6, 6.07) is 8.96. The van der Waals surface area contributed by atoms with Crippen molar-refractivity contribution < 1.29 is 18.3 Å². The zero-order valence-corrected chi connectivity index (χ0v) is 16.1. The number of hydrogen-bond acceptors (Lipinski definition) is 3. The molecular formula is C19H26F2N4O2. The smallest absolute Gasteiger partial charge is 0.387 e. The number of halogens is 2. The molecule has 8 heteroatoms. The van der Waals surface area contributed by atoms with E-state index in [-0.39, 0.29) is 5.75 Å². The SMILES string of the molecule is CCOc1cc(CNC(=NC)N(C)Cc2cccn2C)ccc1OC(F)F. The van der Waals surface area contributed by atoms with Crippen LogP contribution >= 0.6 is 0 Å². The normalized spacial score (nSPS) is 11.6. The topological polar surface area (TPSA) is 51.0 Å². The molecule has 0 bridgehead atoms. The van der Waals surface area contributed by atoms with Crippen LogP contribution in [0.5, 0.6) is 11.5 Å². The average Bonchev–Trinajstić information content (AvgIpc) is 3.02. The van der Waals surface area contributed by atoms with Crippen LogP contribution in [0.1, 0.15) is 18.2 Å². The average molecular weight is 380 g/mol. The van der Waals surface area contributed by atoms with Crippen molar-refractivity contribution in [2.75, 3.05) is 20.7 Å². The second kappa shape index (κ2) is 9.80. The Kier molecular flexibility index (Phi) is 7.45. The summed E-state index contributed by atoms with van der Waals surface area (Å²) < 4.78 is 37.0. The molecule has 1 aromatic heterocycles. The van der Waals surface area contributed by atoms with Crippen LogP contribution in [-0.4, -0.2) is 42.7 Å². The lowest BCUT2D eigenvalue weighted by molar-refractivity contribution is -0.0514. The van der Waals surface area contributed by atoms with Crippen LogP contribution in [0.2, 0.25) is 0 Å². The van der Waals surface area contributed by atoms with Gasteiger partial charge >= 0.3 is 6.61 Å². The van der Waals surface area contributed by atoms with Crippen LogP contribution in [0, 0.1) is 0 Å². The molecule has 1 aromatic carbocycles. The standard InChI is InChI=1S/C19H26F2N4O2/c1-5-26-17-11-14(8-9-16(17)27-18(20)21)12-23-19(22-2)25(4)13-15-7-6-10-24(15)3/h6-11,18H,5,12-13H2,1-4H3,(H,22,23). The molecule has 0 radical (unpaired) electrons. The molecule has 27 heavy (non-hydrogen) atoms. The second-order valence-corrected chi connectivity index (χ2v) is 5.96. The molecule has 0 amide bonds.